The number of rotatable bonds is 3. The molecule has 0 radical (unpaired) electrons. The maximum absolute atomic E-state index is 6.10. The van der Waals surface area contributed by atoms with Crippen molar-refractivity contribution < 1.29 is 4.74 Å². The summed E-state index contributed by atoms with van der Waals surface area (Å²) in [5, 5.41) is 3.49. The third-order valence-electron chi connectivity index (χ3n) is 4.35. The Balaban J connectivity index is 1.61. The molecule has 19 heavy (non-hydrogen) atoms. The molecule has 0 spiro atoms. The largest absolute Gasteiger partial charge is 0.491 e. The van der Waals surface area contributed by atoms with Gasteiger partial charge in [-0.1, -0.05) is 12.1 Å². The fraction of sp³-hybridized carbons (Fsp3) is 0.625. The average molecular weight is 260 g/mol. The fourth-order valence-electron chi connectivity index (χ4n) is 3.03. The zero-order valence-corrected chi connectivity index (χ0v) is 11.8. The Morgan fingerprint density at radius 1 is 1.32 bits per heavy atom. The van der Waals surface area contributed by atoms with E-state index in [9.17, 15) is 0 Å². The second-order valence-electron chi connectivity index (χ2n) is 5.88. The second kappa shape index (κ2) is 5.83. The highest BCUT2D eigenvalue weighted by molar-refractivity contribution is 5.63. The first-order valence-electron chi connectivity index (χ1n) is 7.50. The number of ether oxygens (including phenoxy) is 1. The van der Waals surface area contributed by atoms with Gasteiger partial charge in [-0.05, 0) is 63.4 Å². The molecule has 3 heteroatoms. The molecule has 1 aromatic carbocycles. The van der Waals surface area contributed by atoms with E-state index in [2.05, 4.69) is 35.5 Å². The van der Waals surface area contributed by atoms with E-state index < -0.39 is 0 Å². The molecule has 0 aromatic heterocycles. The van der Waals surface area contributed by atoms with Crippen LogP contribution in [0.2, 0.25) is 0 Å². The summed E-state index contributed by atoms with van der Waals surface area (Å²) in [5.74, 6) is 1.77. The van der Waals surface area contributed by atoms with Crippen molar-refractivity contribution in [2.45, 2.75) is 25.7 Å². The quantitative estimate of drug-likeness (QED) is 0.904. The van der Waals surface area contributed by atoms with Gasteiger partial charge in [0, 0.05) is 6.54 Å². The minimum absolute atomic E-state index is 0.718. The number of likely N-dealkylation sites (tertiary alicyclic amines) is 1. The summed E-state index contributed by atoms with van der Waals surface area (Å²) in [5.41, 5.74) is 2.65. The molecule has 1 saturated heterocycles. The third kappa shape index (κ3) is 3.03. The van der Waals surface area contributed by atoms with Gasteiger partial charge in [-0.3, -0.25) is 0 Å². The maximum Gasteiger partial charge on any atom is 0.142 e. The van der Waals surface area contributed by atoms with Crippen LogP contribution in [0.15, 0.2) is 18.2 Å². The minimum atomic E-state index is 0.718. The van der Waals surface area contributed by atoms with Crippen molar-refractivity contribution in [2.24, 2.45) is 5.92 Å². The number of anilines is 1. The van der Waals surface area contributed by atoms with Crippen LogP contribution in [0.3, 0.4) is 0 Å². The van der Waals surface area contributed by atoms with E-state index in [0.29, 0.717) is 0 Å². The lowest BCUT2D eigenvalue weighted by molar-refractivity contribution is 0.160. The van der Waals surface area contributed by atoms with Crippen LogP contribution in [-0.4, -0.2) is 38.2 Å². The van der Waals surface area contributed by atoms with Crippen LogP contribution < -0.4 is 10.1 Å². The van der Waals surface area contributed by atoms with E-state index in [1.54, 1.807) is 0 Å². The lowest BCUT2D eigenvalue weighted by Gasteiger charge is -2.29. The fourth-order valence-corrected chi connectivity index (χ4v) is 3.03. The van der Waals surface area contributed by atoms with Gasteiger partial charge in [-0.2, -0.15) is 0 Å². The molecule has 0 bridgehead atoms. The number of nitrogens with one attached hydrogen (secondary N) is 1. The van der Waals surface area contributed by atoms with Crippen molar-refractivity contribution in [3.05, 3.63) is 23.8 Å². The smallest absolute Gasteiger partial charge is 0.142 e. The van der Waals surface area contributed by atoms with Crippen LogP contribution in [-0.2, 0) is 6.42 Å². The molecule has 0 unspecified atom stereocenters. The first-order valence-corrected chi connectivity index (χ1v) is 7.50. The summed E-state index contributed by atoms with van der Waals surface area (Å²) >= 11 is 0. The Morgan fingerprint density at radius 3 is 3.00 bits per heavy atom. The molecule has 3 rings (SSSR count). The van der Waals surface area contributed by atoms with Crippen molar-refractivity contribution in [2.75, 3.05) is 38.6 Å². The molecule has 1 aromatic rings. The van der Waals surface area contributed by atoms with Gasteiger partial charge < -0.3 is 15.0 Å². The number of hydrogen-bond acceptors (Lipinski definition) is 3. The highest BCUT2D eigenvalue weighted by atomic mass is 16.5. The van der Waals surface area contributed by atoms with E-state index in [1.165, 1.54) is 50.0 Å². The van der Waals surface area contributed by atoms with E-state index in [4.69, 9.17) is 4.74 Å². The zero-order valence-electron chi connectivity index (χ0n) is 11.8. The summed E-state index contributed by atoms with van der Waals surface area (Å²) < 4.78 is 6.10. The number of nitrogens with zero attached hydrogens (tertiary/aromatic N) is 1. The van der Waals surface area contributed by atoms with Crippen LogP contribution in [0, 0.1) is 5.92 Å². The van der Waals surface area contributed by atoms with Crippen molar-refractivity contribution in [1.29, 1.82) is 0 Å². The Hall–Kier alpha value is -1.22. The lowest BCUT2D eigenvalue weighted by Crippen LogP contribution is -2.32. The normalized spacial score (nSPS) is 20.7. The predicted octanol–water partition coefficient (Wildman–Crippen LogP) is 2.77. The van der Waals surface area contributed by atoms with Crippen molar-refractivity contribution in [1.82, 2.24) is 4.90 Å². The zero-order chi connectivity index (χ0) is 13.1. The van der Waals surface area contributed by atoms with E-state index in [-0.39, 0.29) is 0 Å². The van der Waals surface area contributed by atoms with Crippen molar-refractivity contribution >= 4 is 5.69 Å². The molecule has 0 atom stereocenters. The highest BCUT2D eigenvalue weighted by Gasteiger charge is 2.19. The van der Waals surface area contributed by atoms with Gasteiger partial charge in [-0.15, -0.1) is 0 Å². The van der Waals surface area contributed by atoms with Crippen LogP contribution in [0.1, 0.15) is 24.8 Å². The summed E-state index contributed by atoms with van der Waals surface area (Å²) in [4.78, 5) is 2.41. The average Bonchev–Trinajstić information content (AvgIpc) is 2.47. The maximum atomic E-state index is 6.10. The SMILES string of the molecule is CN1CCC(COc2cccc3c2NCCC3)CC1. The van der Waals surface area contributed by atoms with Gasteiger partial charge in [0.05, 0.1) is 12.3 Å². The van der Waals surface area contributed by atoms with Crippen LogP contribution in [0.5, 0.6) is 5.75 Å². The van der Waals surface area contributed by atoms with E-state index in [1.807, 2.05) is 0 Å². The van der Waals surface area contributed by atoms with Gasteiger partial charge in [0.1, 0.15) is 5.75 Å². The molecule has 2 heterocycles. The molecule has 1 fully saturated rings. The van der Waals surface area contributed by atoms with Crippen LogP contribution >= 0.6 is 0 Å². The van der Waals surface area contributed by atoms with Gasteiger partial charge in [0.25, 0.3) is 0 Å². The Kier molecular flexibility index (Phi) is 3.92. The molecule has 3 nitrogen and oxygen atoms in total. The van der Waals surface area contributed by atoms with Crippen molar-refractivity contribution in [3.63, 3.8) is 0 Å². The number of para-hydroxylation sites is 1. The number of benzene rings is 1. The summed E-state index contributed by atoms with van der Waals surface area (Å²) in [6.45, 7) is 4.35. The predicted molar refractivity (Wildman–Crippen MR) is 79.0 cm³/mol. The Morgan fingerprint density at radius 2 is 2.16 bits per heavy atom. The Labute approximate surface area is 115 Å². The monoisotopic (exact) mass is 260 g/mol. The molecule has 2 aliphatic heterocycles. The van der Waals surface area contributed by atoms with Gasteiger partial charge in [0.15, 0.2) is 0 Å². The van der Waals surface area contributed by atoms with Gasteiger partial charge in [0.2, 0.25) is 0 Å². The number of piperidine rings is 1. The molecule has 0 amide bonds. The van der Waals surface area contributed by atoms with Crippen LogP contribution in [0.25, 0.3) is 0 Å². The summed E-state index contributed by atoms with van der Waals surface area (Å²) in [6.07, 6.45) is 4.93. The number of hydrogen-bond donors (Lipinski definition) is 1. The minimum Gasteiger partial charge on any atom is -0.491 e. The van der Waals surface area contributed by atoms with Crippen LogP contribution in [0.4, 0.5) is 5.69 Å². The number of fused-ring (bicyclic) bond motifs is 1. The molecular formula is C16H24N2O. The van der Waals surface area contributed by atoms with Gasteiger partial charge >= 0.3 is 0 Å². The topological polar surface area (TPSA) is 24.5 Å². The van der Waals surface area contributed by atoms with Gasteiger partial charge in [-0.25, -0.2) is 0 Å². The summed E-state index contributed by atoms with van der Waals surface area (Å²) in [7, 11) is 2.20. The molecule has 0 aliphatic carbocycles. The third-order valence-corrected chi connectivity index (χ3v) is 4.35. The first kappa shape index (κ1) is 12.8. The summed E-state index contributed by atoms with van der Waals surface area (Å²) in [6, 6.07) is 6.44. The Bertz CT molecular complexity index is 425. The molecule has 1 N–H and O–H groups in total. The molecular weight excluding hydrogens is 236 g/mol. The van der Waals surface area contributed by atoms with E-state index >= 15 is 0 Å². The molecule has 104 valence electrons. The first-order chi connectivity index (χ1) is 9.33. The second-order valence-corrected chi connectivity index (χ2v) is 5.88. The molecule has 0 saturated carbocycles. The lowest BCUT2D eigenvalue weighted by atomic mass is 9.98. The highest BCUT2D eigenvalue weighted by Crippen LogP contribution is 2.32. The molecule has 2 aliphatic rings. The van der Waals surface area contributed by atoms with E-state index in [0.717, 1.165) is 24.8 Å². The van der Waals surface area contributed by atoms with Crippen molar-refractivity contribution in [3.8, 4) is 5.75 Å². The number of aryl methyl sites for hydroxylation is 1. The standard InChI is InChI=1S/C16H24N2O/c1-18-10-7-13(8-11-18)12-19-15-6-2-4-14-5-3-9-17-16(14)15/h2,4,6,13,17H,3,5,7-12H2,1H3.